The van der Waals surface area contributed by atoms with E-state index in [1.165, 1.54) is 0 Å². The molecule has 4 rings (SSSR count). The second kappa shape index (κ2) is 6.75. The van der Waals surface area contributed by atoms with Gasteiger partial charge in [-0.05, 0) is 36.6 Å². The second-order valence-corrected chi connectivity index (χ2v) is 6.53. The first-order valence-electron chi connectivity index (χ1n) is 8.52. The third kappa shape index (κ3) is 3.20. The Kier molecular flexibility index (Phi) is 4.32. The Balaban J connectivity index is 1.29. The third-order valence-corrected chi connectivity index (χ3v) is 4.95. The van der Waals surface area contributed by atoms with Crippen molar-refractivity contribution in [3.05, 3.63) is 36.5 Å². The van der Waals surface area contributed by atoms with Crippen molar-refractivity contribution in [2.45, 2.75) is 18.9 Å². The van der Waals surface area contributed by atoms with E-state index in [1.54, 1.807) is 6.20 Å². The SMILES string of the molecule is O=C(Nc1ccc(-c2ccn[nH]2)cc1)C1CN(C2CCOCC2)C1. The zero-order valence-corrected chi connectivity index (χ0v) is 13.6. The van der Waals surface area contributed by atoms with Gasteiger partial charge in [0.1, 0.15) is 0 Å². The molecule has 0 aliphatic carbocycles. The van der Waals surface area contributed by atoms with E-state index < -0.39 is 0 Å². The maximum Gasteiger partial charge on any atom is 0.230 e. The fourth-order valence-corrected chi connectivity index (χ4v) is 3.42. The van der Waals surface area contributed by atoms with Gasteiger partial charge < -0.3 is 10.1 Å². The van der Waals surface area contributed by atoms with Crippen molar-refractivity contribution in [1.82, 2.24) is 15.1 Å². The van der Waals surface area contributed by atoms with E-state index in [2.05, 4.69) is 20.4 Å². The average Bonchev–Trinajstić information content (AvgIpc) is 3.10. The number of benzene rings is 1. The van der Waals surface area contributed by atoms with Gasteiger partial charge in [0, 0.05) is 44.2 Å². The lowest BCUT2D eigenvalue weighted by Crippen LogP contribution is -2.57. The van der Waals surface area contributed by atoms with Crippen molar-refractivity contribution in [2.24, 2.45) is 5.92 Å². The van der Waals surface area contributed by atoms with E-state index in [-0.39, 0.29) is 11.8 Å². The normalized spacial score (nSPS) is 19.8. The van der Waals surface area contributed by atoms with Gasteiger partial charge in [0.15, 0.2) is 0 Å². The highest BCUT2D eigenvalue weighted by atomic mass is 16.5. The number of hydrogen-bond donors (Lipinski definition) is 2. The number of H-pyrrole nitrogens is 1. The minimum atomic E-state index is 0.0973. The van der Waals surface area contributed by atoms with Crippen LogP contribution < -0.4 is 5.32 Å². The molecule has 1 aromatic carbocycles. The fraction of sp³-hybridized carbons (Fsp3) is 0.444. The number of carbonyl (C=O) groups excluding carboxylic acids is 1. The minimum Gasteiger partial charge on any atom is -0.381 e. The van der Waals surface area contributed by atoms with E-state index in [1.807, 2.05) is 30.3 Å². The van der Waals surface area contributed by atoms with E-state index in [9.17, 15) is 4.79 Å². The molecule has 2 aromatic rings. The van der Waals surface area contributed by atoms with Gasteiger partial charge in [-0.2, -0.15) is 5.10 Å². The number of amides is 1. The number of nitrogens with zero attached hydrogens (tertiary/aromatic N) is 2. The largest absolute Gasteiger partial charge is 0.381 e. The molecule has 2 aliphatic heterocycles. The number of aromatic amines is 1. The monoisotopic (exact) mass is 326 g/mol. The molecular formula is C18H22N4O2. The van der Waals surface area contributed by atoms with Crippen LogP contribution in [0.5, 0.6) is 0 Å². The molecular weight excluding hydrogens is 304 g/mol. The predicted molar refractivity (Wildman–Crippen MR) is 91.6 cm³/mol. The maximum atomic E-state index is 12.4. The topological polar surface area (TPSA) is 70.2 Å². The van der Waals surface area contributed by atoms with Gasteiger partial charge in [0.05, 0.1) is 11.6 Å². The van der Waals surface area contributed by atoms with E-state index in [4.69, 9.17) is 4.74 Å². The lowest BCUT2D eigenvalue weighted by atomic mass is 9.93. The summed E-state index contributed by atoms with van der Waals surface area (Å²) in [5.74, 6) is 0.215. The van der Waals surface area contributed by atoms with E-state index in [0.717, 1.165) is 56.1 Å². The van der Waals surface area contributed by atoms with Gasteiger partial charge in [-0.1, -0.05) is 12.1 Å². The predicted octanol–water partition coefficient (Wildman–Crippen LogP) is 2.13. The molecule has 24 heavy (non-hydrogen) atoms. The number of likely N-dealkylation sites (tertiary alicyclic amines) is 1. The van der Waals surface area contributed by atoms with Crippen LogP contribution in [0.25, 0.3) is 11.3 Å². The second-order valence-electron chi connectivity index (χ2n) is 6.53. The van der Waals surface area contributed by atoms with Gasteiger partial charge in [-0.25, -0.2) is 0 Å². The first kappa shape index (κ1) is 15.4. The molecule has 0 spiro atoms. The zero-order valence-electron chi connectivity index (χ0n) is 13.6. The molecule has 1 aromatic heterocycles. The lowest BCUT2D eigenvalue weighted by Gasteiger charge is -2.44. The first-order chi connectivity index (χ1) is 11.8. The number of rotatable bonds is 4. The van der Waals surface area contributed by atoms with Crippen LogP contribution in [0, 0.1) is 5.92 Å². The summed E-state index contributed by atoms with van der Waals surface area (Å²) in [6.07, 6.45) is 3.90. The maximum absolute atomic E-state index is 12.4. The van der Waals surface area contributed by atoms with Crippen molar-refractivity contribution in [3.8, 4) is 11.3 Å². The molecule has 0 radical (unpaired) electrons. The Morgan fingerprint density at radius 2 is 1.92 bits per heavy atom. The van der Waals surface area contributed by atoms with Gasteiger partial charge in [-0.15, -0.1) is 0 Å². The molecule has 1 amide bonds. The van der Waals surface area contributed by atoms with Gasteiger partial charge >= 0.3 is 0 Å². The van der Waals surface area contributed by atoms with Crippen molar-refractivity contribution < 1.29 is 9.53 Å². The summed E-state index contributed by atoms with van der Waals surface area (Å²) < 4.78 is 5.40. The molecule has 0 saturated carbocycles. The molecule has 0 unspecified atom stereocenters. The van der Waals surface area contributed by atoms with Gasteiger partial charge in [0.25, 0.3) is 0 Å². The molecule has 2 N–H and O–H groups in total. The summed E-state index contributed by atoms with van der Waals surface area (Å²) in [5, 5.41) is 9.91. The summed E-state index contributed by atoms with van der Waals surface area (Å²) in [7, 11) is 0. The van der Waals surface area contributed by atoms with Crippen LogP contribution in [0.2, 0.25) is 0 Å². The molecule has 0 bridgehead atoms. The highest BCUT2D eigenvalue weighted by Crippen LogP contribution is 2.26. The zero-order chi connectivity index (χ0) is 16.4. The van der Waals surface area contributed by atoms with Crippen molar-refractivity contribution >= 4 is 11.6 Å². The molecule has 2 saturated heterocycles. The van der Waals surface area contributed by atoms with Crippen LogP contribution in [0.3, 0.4) is 0 Å². The van der Waals surface area contributed by atoms with Crippen LogP contribution in [-0.2, 0) is 9.53 Å². The Hall–Kier alpha value is -2.18. The standard InChI is InChI=1S/C18H22N4O2/c23-18(14-11-22(12-14)16-6-9-24-10-7-16)20-15-3-1-13(2-4-15)17-5-8-19-21-17/h1-5,8,14,16H,6-7,9-12H2,(H,19,21)(H,20,23). The average molecular weight is 326 g/mol. The lowest BCUT2D eigenvalue weighted by molar-refractivity contribution is -0.127. The quantitative estimate of drug-likeness (QED) is 0.903. The van der Waals surface area contributed by atoms with E-state index in [0.29, 0.717) is 6.04 Å². The van der Waals surface area contributed by atoms with Crippen LogP contribution >= 0.6 is 0 Å². The van der Waals surface area contributed by atoms with E-state index >= 15 is 0 Å². The van der Waals surface area contributed by atoms with Gasteiger partial charge in [-0.3, -0.25) is 14.8 Å². The number of carbonyl (C=O) groups is 1. The number of anilines is 1. The third-order valence-electron chi connectivity index (χ3n) is 4.95. The van der Waals surface area contributed by atoms with Crippen LogP contribution in [0.1, 0.15) is 12.8 Å². The number of nitrogens with one attached hydrogen (secondary N) is 2. The Morgan fingerprint density at radius 1 is 1.17 bits per heavy atom. The molecule has 2 fully saturated rings. The van der Waals surface area contributed by atoms with Crippen molar-refractivity contribution in [2.75, 3.05) is 31.6 Å². The molecule has 6 nitrogen and oxygen atoms in total. The summed E-state index contributed by atoms with van der Waals surface area (Å²) in [5.41, 5.74) is 2.87. The number of ether oxygens (including phenoxy) is 1. The molecule has 2 aliphatic rings. The van der Waals surface area contributed by atoms with Crippen molar-refractivity contribution in [3.63, 3.8) is 0 Å². The summed E-state index contributed by atoms with van der Waals surface area (Å²) in [6, 6.07) is 10.4. The van der Waals surface area contributed by atoms with Crippen LogP contribution in [0.15, 0.2) is 36.5 Å². The summed E-state index contributed by atoms with van der Waals surface area (Å²) in [4.78, 5) is 14.8. The molecule has 0 atom stereocenters. The number of aromatic nitrogens is 2. The highest BCUT2D eigenvalue weighted by Gasteiger charge is 2.37. The fourth-order valence-electron chi connectivity index (χ4n) is 3.42. The Bertz CT molecular complexity index is 672. The molecule has 126 valence electrons. The van der Waals surface area contributed by atoms with Crippen LogP contribution in [0.4, 0.5) is 5.69 Å². The van der Waals surface area contributed by atoms with Crippen LogP contribution in [-0.4, -0.2) is 53.3 Å². The van der Waals surface area contributed by atoms with Gasteiger partial charge in [0.2, 0.25) is 5.91 Å². The molecule has 3 heterocycles. The minimum absolute atomic E-state index is 0.0973. The summed E-state index contributed by atoms with van der Waals surface area (Å²) in [6.45, 7) is 3.42. The highest BCUT2D eigenvalue weighted by molar-refractivity contribution is 5.93. The first-order valence-corrected chi connectivity index (χ1v) is 8.52. The number of hydrogen-bond acceptors (Lipinski definition) is 4. The summed E-state index contributed by atoms with van der Waals surface area (Å²) >= 11 is 0. The molecule has 6 heteroatoms. The Labute approximate surface area is 141 Å². The Morgan fingerprint density at radius 3 is 2.58 bits per heavy atom. The van der Waals surface area contributed by atoms with Crippen molar-refractivity contribution in [1.29, 1.82) is 0 Å². The smallest absolute Gasteiger partial charge is 0.230 e.